The van der Waals surface area contributed by atoms with E-state index in [1.54, 1.807) is 0 Å². The highest BCUT2D eigenvalue weighted by Crippen LogP contribution is 2.31. The van der Waals surface area contributed by atoms with Gasteiger partial charge < -0.3 is 10.6 Å². The fraction of sp³-hybridized carbons (Fsp3) is 0.429. The lowest BCUT2D eigenvalue weighted by Crippen LogP contribution is -2.12. The van der Waals surface area contributed by atoms with Crippen LogP contribution in [0.5, 0.6) is 0 Å². The van der Waals surface area contributed by atoms with Crippen molar-refractivity contribution in [3.05, 3.63) is 42.2 Å². The van der Waals surface area contributed by atoms with E-state index in [1.807, 2.05) is 13.0 Å². The van der Waals surface area contributed by atoms with Crippen molar-refractivity contribution in [3.63, 3.8) is 0 Å². The molecule has 2 N–H and O–H groups in total. The van der Waals surface area contributed by atoms with E-state index in [0.717, 1.165) is 46.3 Å². The lowest BCUT2D eigenvalue weighted by Gasteiger charge is -2.17. The quantitative estimate of drug-likeness (QED) is 0.694. The number of hydrogen-bond donors (Lipinski definition) is 2. The Labute approximate surface area is 151 Å². The van der Waals surface area contributed by atoms with Gasteiger partial charge in [0.1, 0.15) is 5.82 Å². The summed E-state index contributed by atoms with van der Waals surface area (Å²) < 4.78 is 0. The van der Waals surface area contributed by atoms with Crippen molar-refractivity contribution in [2.75, 3.05) is 17.2 Å². The first-order chi connectivity index (χ1) is 11.8. The first-order valence-corrected chi connectivity index (χ1v) is 9.02. The molecule has 0 aliphatic heterocycles. The molecule has 0 spiro atoms. The van der Waals surface area contributed by atoms with Gasteiger partial charge >= 0.3 is 0 Å². The second kappa shape index (κ2) is 8.15. The van der Waals surface area contributed by atoms with Gasteiger partial charge in [0.05, 0.1) is 17.1 Å². The largest absolute Gasteiger partial charge is 0.381 e. The topological polar surface area (TPSA) is 49.8 Å². The lowest BCUT2D eigenvalue weighted by molar-refractivity contribution is 0.823. The molecule has 2 rings (SSSR count). The summed E-state index contributed by atoms with van der Waals surface area (Å²) in [5.74, 6) is 1.28. The molecule has 0 saturated carbocycles. The average Bonchev–Trinajstić information content (AvgIpc) is 2.54. The molecule has 0 atom stereocenters. The minimum absolute atomic E-state index is 0.343. The summed E-state index contributed by atoms with van der Waals surface area (Å²) in [4.78, 5) is 9.67. The Balaban J connectivity index is 2.54. The predicted octanol–water partition coefficient (Wildman–Crippen LogP) is 5.55. The highest BCUT2D eigenvalue weighted by Gasteiger charge is 2.14. The van der Waals surface area contributed by atoms with Crippen LogP contribution in [0.4, 0.5) is 11.5 Å². The summed E-state index contributed by atoms with van der Waals surface area (Å²) in [7, 11) is 0. The second-order valence-electron chi connectivity index (χ2n) is 6.99. The van der Waals surface area contributed by atoms with Gasteiger partial charge in [-0.15, -0.1) is 0 Å². The molecule has 2 aromatic rings. The monoisotopic (exact) mass is 338 g/mol. The van der Waals surface area contributed by atoms with Gasteiger partial charge in [0, 0.05) is 23.8 Å². The molecular weight excluding hydrogens is 308 g/mol. The van der Waals surface area contributed by atoms with Crippen LogP contribution in [0.25, 0.3) is 16.8 Å². The van der Waals surface area contributed by atoms with E-state index < -0.39 is 0 Å². The maximum Gasteiger partial charge on any atom is 0.135 e. The second-order valence-corrected chi connectivity index (χ2v) is 6.99. The molecule has 0 unspecified atom stereocenters. The van der Waals surface area contributed by atoms with Gasteiger partial charge in [0.2, 0.25) is 0 Å². The van der Waals surface area contributed by atoms with Crippen LogP contribution in [-0.2, 0) is 0 Å². The standard InChI is InChI=1S/C21H30N4/c1-8-22-21-16(9-10-17(25-21)13(2)3)18-11-12-19(23-15(6)7)20(24-18)14(4)5/h9-13,15,23H,4,8H2,1-3,5-7H3,(H,22,25). The maximum atomic E-state index is 4.87. The summed E-state index contributed by atoms with van der Waals surface area (Å²) in [6.45, 7) is 17.5. The van der Waals surface area contributed by atoms with Crippen molar-refractivity contribution in [2.24, 2.45) is 0 Å². The van der Waals surface area contributed by atoms with Gasteiger partial charge in [-0.05, 0) is 63.5 Å². The van der Waals surface area contributed by atoms with Crippen LogP contribution in [0.3, 0.4) is 0 Å². The molecule has 2 heterocycles. The van der Waals surface area contributed by atoms with E-state index in [0.29, 0.717) is 12.0 Å². The third-order valence-electron chi connectivity index (χ3n) is 3.87. The smallest absolute Gasteiger partial charge is 0.135 e. The van der Waals surface area contributed by atoms with Crippen LogP contribution in [0.2, 0.25) is 0 Å². The molecule has 4 nitrogen and oxygen atoms in total. The molecule has 0 amide bonds. The van der Waals surface area contributed by atoms with Crippen molar-refractivity contribution < 1.29 is 0 Å². The summed E-state index contributed by atoms with van der Waals surface area (Å²) in [6.07, 6.45) is 0. The Morgan fingerprint density at radius 2 is 1.80 bits per heavy atom. The van der Waals surface area contributed by atoms with Crippen LogP contribution in [0.15, 0.2) is 30.8 Å². The number of aromatic nitrogens is 2. The Morgan fingerprint density at radius 1 is 1.08 bits per heavy atom. The molecule has 0 aliphatic rings. The average molecular weight is 338 g/mol. The Morgan fingerprint density at radius 3 is 2.36 bits per heavy atom. The molecule has 0 aliphatic carbocycles. The van der Waals surface area contributed by atoms with Gasteiger partial charge in [0.25, 0.3) is 0 Å². The molecule has 0 fully saturated rings. The highest BCUT2D eigenvalue weighted by molar-refractivity contribution is 5.78. The van der Waals surface area contributed by atoms with Gasteiger partial charge in [0.15, 0.2) is 0 Å². The predicted molar refractivity (Wildman–Crippen MR) is 109 cm³/mol. The zero-order valence-corrected chi connectivity index (χ0v) is 16.3. The molecule has 134 valence electrons. The number of rotatable bonds is 7. The molecular formula is C21H30N4. The minimum Gasteiger partial charge on any atom is -0.381 e. The van der Waals surface area contributed by atoms with E-state index in [2.05, 4.69) is 70.0 Å². The summed E-state index contributed by atoms with van der Waals surface area (Å²) in [5.41, 5.74) is 5.88. The van der Waals surface area contributed by atoms with Crippen LogP contribution < -0.4 is 10.6 Å². The number of allylic oxidation sites excluding steroid dienone is 1. The lowest BCUT2D eigenvalue weighted by atomic mass is 10.1. The third-order valence-corrected chi connectivity index (χ3v) is 3.87. The van der Waals surface area contributed by atoms with Crippen molar-refractivity contribution in [2.45, 2.75) is 53.5 Å². The molecule has 2 aromatic heterocycles. The highest BCUT2D eigenvalue weighted by atomic mass is 15.0. The SMILES string of the molecule is C=C(C)c1nc(-c2ccc(C(C)C)nc2NCC)ccc1NC(C)C. The minimum atomic E-state index is 0.343. The van der Waals surface area contributed by atoms with E-state index >= 15 is 0 Å². The fourth-order valence-corrected chi connectivity index (χ4v) is 2.67. The van der Waals surface area contributed by atoms with Crippen molar-refractivity contribution in [1.82, 2.24) is 9.97 Å². The van der Waals surface area contributed by atoms with E-state index in [4.69, 9.17) is 9.97 Å². The first kappa shape index (κ1) is 19.0. The number of nitrogens with one attached hydrogen (secondary N) is 2. The molecule has 0 radical (unpaired) electrons. The molecule has 0 bridgehead atoms. The van der Waals surface area contributed by atoms with Crippen molar-refractivity contribution in [1.29, 1.82) is 0 Å². The van der Waals surface area contributed by atoms with Crippen LogP contribution in [0.1, 0.15) is 58.8 Å². The zero-order valence-electron chi connectivity index (χ0n) is 16.3. The zero-order chi connectivity index (χ0) is 18.6. The number of anilines is 2. The van der Waals surface area contributed by atoms with Crippen LogP contribution in [0, 0.1) is 0 Å². The third kappa shape index (κ3) is 4.59. The summed E-state index contributed by atoms with van der Waals surface area (Å²) in [5, 5.41) is 6.82. The fourth-order valence-electron chi connectivity index (χ4n) is 2.67. The molecule has 25 heavy (non-hydrogen) atoms. The van der Waals surface area contributed by atoms with Crippen LogP contribution in [-0.4, -0.2) is 22.6 Å². The Hall–Kier alpha value is -2.36. The molecule has 0 saturated heterocycles. The summed E-state index contributed by atoms with van der Waals surface area (Å²) >= 11 is 0. The van der Waals surface area contributed by atoms with Crippen molar-refractivity contribution >= 4 is 17.1 Å². The van der Waals surface area contributed by atoms with Gasteiger partial charge in [-0.1, -0.05) is 20.4 Å². The van der Waals surface area contributed by atoms with E-state index in [-0.39, 0.29) is 0 Å². The van der Waals surface area contributed by atoms with E-state index in [1.165, 1.54) is 0 Å². The Bertz CT molecular complexity index is 748. The molecule has 0 aromatic carbocycles. The van der Waals surface area contributed by atoms with Gasteiger partial charge in [-0.25, -0.2) is 9.97 Å². The van der Waals surface area contributed by atoms with Gasteiger partial charge in [-0.2, -0.15) is 0 Å². The normalized spacial score (nSPS) is 11.0. The van der Waals surface area contributed by atoms with E-state index in [9.17, 15) is 0 Å². The molecule has 4 heteroatoms. The van der Waals surface area contributed by atoms with Crippen molar-refractivity contribution in [3.8, 4) is 11.3 Å². The van der Waals surface area contributed by atoms with Crippen LogP contribution >= 0.6 is 0 Å². The number of pyridine rings is 2. The maximum absolute atomic E-state index is 4.87. The first-order valence-electron chi connectivity index (χ1n) is 9.02. The number of nitrogens with zero attached hydrogens (tertiary/aromatic N) is 2. The summed E-state index contributed by atoms with van der Waals surface area (Å²) in [6, 6.07) is 8.67. The van der Waals surface area contributed by atoms with Gasteiger partial charge in [-0.3, -0.25) is 0 Å². The Kier molecular flexibility index (Phi) is 6.18. The number of hydrogen-bond acceptors (Lipinski definition) is 4.